The Hall–Kier alpha value is -3.29. The number of nitrogens with zero attached hydrogens (tertiary/aromatic N) is 4. The van der Waals surface area contributed by atoms with Crippen molar-refractivity contribution in [2.45, 2.75) is 26.7 Å². The van der Waals surface area contributed by atoms with E-state index in [4.69, 9.17) is 17.3 Å². The minimum absolute atomic E-state index is 0.0644. The van der Waals surface area contributed by atoms with Gasteiger partial charge in [0.2, 0.25) is 5.91 Å². The first-order valence-electron chi connectivity index (χ1n) is 10.7. The lowest BCUT2D eigenvalue weighted by Crippen LogP contribution is -2.29. The van der Waals surface area contributed by atoms with E-state index < -0.39 is 0 Å². The normalized spacial score (nSPS) is 14.0. The number of hydrogen-bond acceptors (Lipinski definition) is 9. The van der Waals surface area contributed by atoms with Crippen LogP contribution in [0.5, 0.6) is 0 Å². The minimum atomic E-state index is -0.385. The summed E-state index contributed by atoms with van der Waals surface area (Å²) < 4.78 is 2.64. The van der Waals surface area contributed by atoms with Gasteiger partial charge in [0.05, 0.1) is 17.9 Å². The van der Waals surface area contributed by atoms with Crippen LogP contribution in [0.15, 0.2) is 22.1 Å². The fourth-order valence-corrected chi connectivity index (χ4v) is 5.46. The zero-order valence-corrected chi connectivity index (χ0v) is 21.4. The molecule has 2 amide bonds. The highest BCUT2D eigenvalue weighted by atomic mass is 35.5. The van der Waals surface area contributed by atoms with Crippen molar-refractivity contribution in [3.05, 3.63) is 49.5 Å². The number of carbonyl (C=O) groups is 2. The highest BCUT2D eigenvalue weighted by Gasteiger charge is 2.22. The predicted molar refractivity (Wildman–Crippen MR) is 138 cm³/mol. The first kappa shape index (κ1) is 24.8. The Morgan fingerprint density at radius 3 is 2.89 bits per heavy atom. The number of amidine groups is 1. The smallest absolute Gasteiger partial charge is 0.271 e. The fourth-order valence-electron chi connectivity index (χ4n) is 3.54. The number of hydrogen-bond donors (Lipinski definition) is 4. The highest BCUT2D eigenvalue weighted by molar-refractivity contribution is 7.18. The van der Waals surface area contributed by atoms with Crippen molar-refractivity contribution in [2.75, 3.05) is 30.3 Å². The first-order chi connectivity index (χ1) is 16.7. The van der Waals surface area contributed by atoms with Crippen molar-refractivity contribution in [3.8, 4) is 0 Å². The second-order valence-corrected chi connectivity index (χ2v) is 9.97. The number of aliphatic imine (C=N–C) groups is 1. The van der Waals surface area contributed by atoms with Crippen LogP contribution in [-0.4, -0.2) is 56.5 Å². The maximum absolute atomic E-state index is 12.9. The second-order valence-electron chi connectivity index (χ2n) is 7.80. The maximum atomic E-state index is 12.9. The topological polar surface area (TPSA) is 158 Å². The number of rotatable bonds is 8. The largest absolute Gasteiger partial charge is 0.383 e. The average Bonchev–Trinajstić information content (AvgIpc) is 3.49. The van der Waals surface area contributed by atoms with Crippen molar-refractivity contribution in [3.63, 3.8) is 0 Å². The molecule has 5 N–H and O–H groups in total. The molecule has 1 aliphatic heterocycles. The van der Waals surface area contributed by atoms with E-state index in [-0.39, 0.29) is 33.9 Å². The van der Waals surface area contributed by atoms with Crippen LogP contribution in [0.2, 0.25) is 5.15 Å². The fraction of sp³-hybridized carbons (Fsp3) is 0.333. The monoisotopic (exact) mass is 534 g/mol. The van der Waals surface area contributed by atoms with Gasteiger partial charge in [-0.15, -0.1) is 0 Å². The predicted octanol–water partition coefficient (Wildman–Crippen LogP) is 2.88. The summed E-state index contributed by atoms with van der Waals surface area (Å²) in [5.74, 6) is -0.199. The maximum Gasteiger partial charge on any atom is 0.271 e. The number of thiazole rings is 1. The van der Waals surface area contributed by atoms with Crippen molar-refractivity contribution in [1.82, 2.24) is 19.2 Å². The molecule has 0 spiro atoms. The summed E-state index contributed by atoms with van der Waals surface area (Å²) in [6.45, 7) is 4.99. The molecule has 0 radical (unpaired) electrons. The number of aromatic amines is 1. The van der Waals surface area contributed by atoms with Gasteiger partial charge in [0.1, 0.15) is 21.3 Å². The summed E-state index contributed by atoms with van der Waals surface area (Å²) in [5.41, 5.74) is 7.64. The number of anilines is 3. The quantitative estimate of drug-likeness (QED) is 0.196. The number of pyridine rings is 1. The van der Waals surface area contributed by atoms with Gasteiger partial charge in [-0.05, 0) is 43.4 Å². The van der Waals surface area contributed by atoms with Crippen molar-refractivity contribution in [1.29, 1.82) is 0 Å². The Labute approximate surface area is 213 Å². The molecule has 0 atom stereocenters. The van der Waals surface area contributed by atoms with Crippen LogP contribution >= 0.6 is 34.5 Å². The van der Waals surface area contributed by atoms with E-state index in [1.807, 2.05) is 6.92 Å². The van der Waals surface area contributed by atoms with Crippen LogP contribution in [0, 0.1) is 13.8 Å². The summed E-state index contributed by atoms with van der Waals surface area (Å²) >= 11 is 8.30. The van der Waals surface area contributed by atoms with Crippen LogP contribution in [0.25, 0.3) is 0 Å². The number of likely N-dealkylation sites (tertiary alicyclic amines) is 1. The number of carbonyl (C=O) groups excluding carboxylic acids is 2. The third-order valence-electron chi connectivity index (χ3n) is 5.35. The van der Waals surface area contributed by atoms with Gasteiger partial charge in [-0.1, -0.05) is 22.9 Å². The molecule has 3 aromatic heterocycles. The zero-order valence-electron chi connectivity index (χ0n) is 19.0. The number of aryl methyl sites for hydroxylation is 2. The molecule has 14 heteroatoms. The SMILES string of the molecule is Cc1ccnc(Cl)c1NC(=O)c1sc(Nc2s[nH]c(=O)c2C(N)=NCCN2CCCC2=O)nc1C. The van der Waals surface area contributed by atoms with E-state index in [2.05, 4.69) is 30.0 Å². The van der Waals surface area contributed by atoms with Gasteiger partial charge in [0.25, 0.3) is 11.5 Å². The number of amides is 2. The van der Waals surface area contributed by atoms with Crippen molar-refractivity contribution in [2.24, 2.45) is 10.7 Å². The molecule has 4 rings (SSSR count). The Bertz CT molecular complexity index is 1340. The number of H-pyrrole nitrogens is 1. The van der Waals surface area contributed by atoms with Gasteiger partial charge < -0.3 is 21.3 Å². The lowest BCUT2D eigenvalue weighted by Gasteiger charge is -2.13. The summed E-state index contributed by atoms with van der Waals surface area (Å²) in [4.78, 5) is 51.8. The minimum Gasteiger partial charge on any atom is -0.383 e. The molecule has 0 saturated carbocycles. The molecule has 0 unspecified atom stereocenters. The van der Waals surface area contributed by atoms with E-state index in [1.165, 1.54) is 0 Å². The van der Waals surface area contributed by atoms with Gasteiger partial charge in [-0.25, -0.2) is 9.97 Å². The van der Waals surface area contributed by atoms with Crippen LogP contribution in [0.3, 0.4) is 0 Å². The third kappa shape index (κ3) is 5.52. The lowest BCUT2D eigenvalue weighted by atomic mass is 10.2. The van der Waals surface area contributed by atoms with Gasteiger partial charge in [0.15, 0.2) is 10.3 Å². The van der Waals surface area contributed by atoms with E-state index in [0.717, 1.165) is 34.9 Å². The molecule has 0 aromatic carbocycles. The molecule has 1 fully saturated rings. The second kappa shape index (κ2) is 10.5. The van der Waals surface area contributed by atoms with Gasteiger partial charge >= 0.3 is 0 Å². The molecular weight excluding hydrogens is 512 g/mol. The number of nitrogens with two attached hydrogens (primary N) is 1. The molecular formula is C21H23ClN8O3S2. The Balaban J connectivity index is 1.48. The summed E-state index contributed by atoms with van der Waals surface area (Å²) in [6.07, 6.45) is 2.96. The standard InChI is InChI=1S/C21H23ClN8O3S2/c1-10-5-6-24-16(22)14(10)27-19(33)15-11(2)26-21(34-15)28-20-13(18(32)29-35-20)17(23)25-7-9-30-8-3-4-12(30)31/h5-6H,3-4,7-9H2,1-2H3,(H2,23,25)(H,26,28)(H,27,33)(H,29,32). The van der Waals surface area contributed by atoms with Gasteiger partial charge in [-0.2, -0.15) is 0 Å². The van der Waals surface area contributed by atoms with Crippen molar-refractivity contribution >= 4 is 67.9 Å². The van der Waals surface area contributed by atoms with E-state index in [9.17, 15) is 14.4 Å². The molecule has 3 aromatic rings. The Morgan fingerprint density at radius 1 is 1.37 bits per heavy atom. The van der Waals surface area contributed by atoms with E-state index in [1.54, 1.807) is 24.1 Å². The number of nitrogens with one attached hydrogen (secondary N) is 3. The lowest BCUT2D eigenvalue weighted by molar-refractivity contribution is -0.127. The van der Waals surface area contributed by atoms with Gasteiger partial charge in [0, 0.05) is 25.7 Å². The molecule has 35 heavy (non-hydrogen) atoms. The van der Waals surface area contributed by atoms with Crippen LogP contribution in [0.1, 0.15) is 39.3 Å². The van der Waals surface area contributed by atoms with Crippen molar-refractivity contribution < 1.29 is 9.59 Å². The summed E-state index contributed by atoms with van der Waals surface area (Å²) in [6, 6.07) is 1.75. The Kier molecular flexibility index (Phi) is 7.48. The van der Waals surface area contributed by atoms with Gasteiger partial charge in [-0.3, -0.25) is 23.7 Å². The first-order valence-corrected chi connectivity index (χ1v) is 12.7. The highest BCUT2D eigenvalue weighted by Crippen LogP contribution is 2.30. The zero-order chi connectivity index (χ0) is 25.1. The molecule has 4 heterocycles. The molecule has 1 aliphatic rings. The molecule has 0 aliphatic carbocycles. The van der Waals surface area contributed by atoms with E-state index >= 15 is 0 Å². The number of halogens is 1. The van der Waals surface area contributed by atoms with E-state index in [0.29, 0.717) is 52.4 Å². The molecule has 1 saturated heterocycles. The molecule has 11 nitrogen and oxygen atoms in total. The number of aromatic nitrogens is 3. The average molecular weight is 535 g/mol. The Morgan fingerprint density at radius 2 is 2.17 bits per heavy atom. The van der Waals surface area contributed by atoms with Crippen LogP contribution in [0.4, 0.5) is 15.8 Å². The summed E-state index contributed by atoms with van der Waals surface area (Å²) in [7, 11) is 0. The third-order valence-corrected chi connectivity index (χ3v) is 7.51. The van der Waals surface area contributed by atoms with Crippen LogP contribution in [-0.2, 0) is 4.79 Å². The molecule has 0 bridgehead atoms. The molecule has 184 valence electrons. The van der Waals surface area contributed by atoms with Crippen LogP contribution < -0.4 is 21.9 Å². The summed E-state index contributed by atoms with van der Waals surface area (Å²) in [5, 5.41) is 6.89.